The van der Waals surface area contributed by atoms with Gasteiger partial charge < -0.3 is 10.1 Å². The Bertz CT molecular complexity index is 744. The van der Waals surface area contributed by atoms with Crippen LogP contribution >= 0.6 is 11.6 Å². The number of carbonyl (C=O) groups excluding carboxylic acids is 2. The zero-order valence-electron chi connectivity index (χ0n) is 13.2. The molecule has 3 rings (SSSR count). The number of ether oxygens (including phenoxy) is 1. The summed E-state index contributed by atoms with van der Waals surface area (Å²) in [6.07, 6.45) is 0.120. The highest BCUT2D eigenvalue weighted by molar-refractivity contribution is 6.30. The van der Waals surface area contributed by atoms with Crippen LogP contribution < -0.4 is 15.0 Å². The van der Waals surface area contributed by atoms with Crippen molar-refractivity contribution < 1.29 is 14.3 Å². The fraction of sp³-hybridized carbons (Fsp3) is 0.222. The third-order valence-corrected chi connectivity index (χ3v) is 3.99. The fourth-order valence-corrected chi connectivity index (χ4v) is 2.75. The van der Waals surface area contributed by atoms with Crippen molar-refractivity contribution in [1.82, 2.24) is 0 Å². The molecule has 0 saturated carbocycles. The molecule has 24 heavy (non-hydrogen) atoms. The molecule has 0 aromatic heterocycles. The summed E-state index contributed by atoms with van der Waals surface area (Å²) >= 11 is 5.85. The molecule has 2 aromatic carbocycles. The molecule has 1 atom stereocenters. The fourth-order valence-electron chi connectivity index (χ4n) is 2.62. The summed E-state index contributed by atoms with van der Waals surface area (Å²) in [5.41, 5.74) is 1.30. The summed E-state index contributed by atoms with van der Waals surface area (Å²) in [4.78, 5) is 26.1. The summed E-state index contributed by atoms with van der Waals surface area (Å²) in [6.45, 7) is 2.46. The van der Waals surface area contributed by atoms with Crippen LogP contribution in [0.25, 0.3) is 0 Å². The topological polar surface area (TPSA) is 58.6 Å². The van der Waals surface area contributed by atoms with Gasteiger partial charge in [0.2, 0.25) is 5.91 Å². The summed E-state index contributed by atoms with van der Waals surface area (Å²) in [5, 5.41) is 3.70. The van der Waals surface area contributed by atoms with Crippen molar-refractivity contribution in [3.8, 4) is 5.75 Å². The number of amides is 2. The first-order valence-electron chi connectivity index (χ1n) is 7.70. The Morgan fingerprint density at radius 1 is 1.12 bits per heavy atom. The van der Waals surface area contributed by atoms with Crippen molar-refractivity contribution >= 4 is 34.8 Å². The molecule has 0 unspecified atom stereocenters. The van der Waals surface area contributed by atoms with Crippen LogP contribution in [-0.2, 0) is 9.59 Å². The van der Waals surface area contributed by atoms with Crippen LogP contribution in [-0.4, -0.2) is 24.5 Å². The molecule has 1 fully saturated rings. The van der Waals surface area contributed by atoms with Crippen molar-refractivity contribution in [3.05, 3.63) is 53.6 Å². The molecule has 0 spiro atoms. The molecule has 1 saturated heterocycles. The van der Waals surface area contributed by atoms with Crippen LogP contribution in [0.15, 0.2) is 48.5 Å². The van der Waals surface area contributed by atoms with Crippen molar-refractivity contribution in [2.24, 2.45) is 0 Å². The number of benzene rings is 2. The number of carbonyl (C=O) groups is 2. The van der Waals surface area contributed by atoms with E-state index in [1.54, 1.807) is 48.5 Å². The Kier molecular flexibility index (Phi) is 4.71. The lowest BCUT2D eigenvalue weighted by Gasteiger charge is -2.16. The third kappa shape index (κ3) is 3.36. The van der Waals surface area contributed by atoms with Crippen molar-refractivity contribution in [3.63, 3.8) is 0 Å². The predicted molar refractivity (Wildman–Crippen MR) is 93.6 cm³/mol. The number of hydrogen-bond acceptors (Lipinski definition) is 4. The lowest BCUT2D eigenvalue weighted by Crippen LogP contribution is -2.34. The van der Waals surface area contributed by atoms with E-state index < -0.39 is 6.04 Å². The van der Waals surface area contributed by atoms with Crippen molar-refractivity contribution in [2.75, 3.05) is 16.8 Å². The zero-order chi connectivity index (χ0) is 17.1. The lowest BCUT2D eigenvalue weighted by molar-refractivity contribution is -0.121. The van der Waals surface area contributed by atoms with E-state index in [0.717, 1.165) is 5.69 Å². The van der Waals surface area contributed by atoms with Crippen LogP contribution in [0, 0.1) is 0 Å². The van der Waals surface area contributed by atoms with Gasteiger partial charge in [-0.3, -0.25) is 9.59 Å². The minimum Gasteiger partial charge on any atom is -0.494 e. The maximum atomic E-state index is 12.6. The Morgan fingerprint density at radius 3 is 2.42 bits per heavy atom. The summed E-state index contributed by atoms with van der Waals surface area (Å²) in [7, 11) is 0. The SMILES string of the molecule is CCOc1ccc(N2C(=O)C[C@H](Nc3ccc(Cl)cc3)C2=O)cc1. The number of hydrogen-bond donors (Lipinski definition) is 1. The second-order valence-electron chi connectivity index (χ2n) is 5.40. The lowest BCUT2D eigenvalue weighted by atomic mass is 10.2. The molecule has 124 valence electrons. The molecule has 5 nitrogen and oxygen atoms in total. The van der Waals surface area contributed by atoms with Crippen LogP contribution in [0.3, 0.4) is 0 Å². The number of imide groups is 1. The molecule has 6 heteroatoms. The first kappa shape index (κ1) is 16.3. The molecule has 1 heterocycles. The highest BCUT2D eigenvalue weighted by Gasteiger charge is 2.39. The summed E-state index contributed by atoms with van der Waals surface area (Å²) in [5.74, 6) is 0.214. The van der Waals surface area contributed by atoms with E-state index in [2.05, 4.69) is 5.32 Å². The quantitative estimate of drug-likeness (QED) is 0.844. The Labute approximate surface area is 145 Å². The van der Waals surface area contributed by atoms with Crippen molar-refractivity contribution in [1.29, 1.82) is 0 Å². The van der Waals surface area contributed by atoms with Crippen molar-refractivity contribution in [2.45, 2.75) is 19.4 Å². The van der Waals surface area contributed by atoms with Crippen LogP contribution in [0.5, 0.6) is 5.75 Å². The summed E-state index contributed by atoms with van der Waals surface area (Å²) in [6, 6.07) is 13.4. The van der Waals surface area contributed by atoms with Gasteiger partial charge in [-0.05, 0) is 55.5 Å². The molecule has 1 N–H and O–H groups in total. The standard InChI is InChI=1S/C18H17ClN2O3/c1-2-24-15-9-7-14(8-10-15)21-17(22)11-16(18(21)23)20-13-5-3-12(19)4-6-13/h3-10,16,20H,2,11H2,1H3/t16-/m0/s1. The van der Waals surface area contributed by atoms with Gasteiger partial charge in [0.1, 0.15) is 11.8 Å². The summed E-state index contributed by atoms with van der Waals surface area (Å²) < 4.78 is 5.38. The predicted octanol–water partition coefficient (Wildman–Crippen LogP) is 3.48. The normalized spacial score (nSPS) is 17.2. The van der Waals surface area contributed by atoms with Gasteiger partial charge in [0, 0.05) is 10.7 Å². The van der Waals surface area contributed by atoms with Gasteiger partial charge in [0.25, 0.3) is 5.91 Å². The molecule has 1 aliphatic rings. The number of halogens is 1. The van der Waals surface area contributed by atoms with Gasteiger partial charge in [-0.1, -0.05) is 11.6 Å². The third-order valence-electron chi connectivity index (χ3n) is 3.74. The van der Waals surface area contributed by atoms with Gasteiger partial charge in [-0.2, -0.15) is 0 Å². The molecule has 0 radical (unpaired) electrons. The van der Waals surface area contributed by atoms with E-state index in [9.17, 15) is 9.59 Å². The van der Waals surface area contributed by atoms with Gasteiger partial charge in [-0.15, -0.1) is 0 Å². The Morgan fingerprint density at radius 2 is 1.79 bits per heavy atom. The van der Waals surface area contributed by atoms with Gasteiger partial charge >= 0.3 is 0 Å². The number of nitrogens with zero attached hydrogens (tertiary/aromatic N) is 1. The first-order valence-corrected chi connectivity index (χ1v) is 8.08. The molecule has 2 aromatic rings. The van der Waals surface area contributed by atoms with E-state index in [4.69, 9.17) is 16.3 Å². The molecular weight excluding hydrogens is 328 g/mol. The van der Waals surface area contributed by atoms with E-state index in [1.165, 1.54) is 4.90 Å². The van der Waals surface area contributed by atoms with Gasteiger partial charge in [-0.25, -0.2) is 4.90 Å². The van der Waals surface area contributed by atoms with Gasteiger partial charge in [0.15, 0.2) is 0 Å². The van der Waals surface area contributed by atoms with Crippen LogP contribution in [0.4, 0.5) is 11.4 Å². The first-order chi connectivity index (χ1) is 11.6. The minimum atomic E-state index is -0.578. The second-order valence-corrected chi connectivity index (χ2v) is 5.84. The highest BCUT2D eigenvalue weighted by Crippen LogP contribution is 2.27. The van der Waals surface area contributed by atoms with Crippen LogP contribution in [0.2, 0.25) is 5.02 Å². The second kappa shape index (κ2) is 6.93. The number of nitrogens with one attached hydrogen (secondary N) is 1. The largest absolute Gasteiger partial charge is 0.494 e. The van der Waals surface area contributed by atoms with E-state index in [-0.39, 0.29) is 18.2 Å². The Hall–Kier alpha value is -2.53. The number of anilines is 2. The van der Waals surface area contributed by atoms with Crippen LogP contribution in [0.1, 0.15) is 13.3 Å². The molecule has 0 bridgehead atoms. The molecule has 1 aliphatic heterocycles. The average Bonchev–Trinajstić information content (AvgIpc) is 2.85. The smallest absolute Gasteiger partial charge is 0.256 e. The molecular formula is C18H17ClN2O3. The van der Waals surface area contributed by atoms with E-state index in [0.29, 0.717) is 23.1 Å². The highest BCUT2D eigenvalue weighted by atomic mass is 35.5. The molecule has 0 aliphatic carbocycles. The average molecular weight is 345 g/mol. The Balaban J connectivity index is 1.74. The maximum Gasteiger partial charge on any atom is 0.256 e. The monoisotopic (exact) mass is 344 g/mol. The van der Waals surface area contributed by atoms with Gasteiger partial charge in [0.05, 0.1) is 18.7 Å². The maximum absolute atomic E-state index is 12.6. The van der Waals surface area contributed by atoms with E-state index >= 15 is 0 Å². The minimum absolute atomic E-state index is 0.120. The zero-order valence-corrected chi connectivity index (χ0v) is 13.9. The molecule has 2 amide bonds. The van der Waals surface area contributed by atoms with E-state index in [1.807, 2.05) is 6.92 Å². The number of rotatable bonds is 5.